The number of nitrogens with zero attached hydrogens (tertiary/aromatic N) is 3. The lowest BCUT2D eigenvalue weighted by molar-refractivity contribution is -0.135. The van der Waals surface area contributed by atoms with Crippen molar-refractivity contribution in [2.24, 2.45) is 5.92 Å². The number of carbonyl (C=O) groups excluding carboxylic acids is 1. The highest BCUT2D eigenvalue weighted by molar-refractivity contribution is 5.93. The van der Waals surface area contributed by atoms with E-state index >= 15 is 0 Å². The van der Waals surface area contributed by atoms with Gasteiger partial charge in [-0.1, -0.05) is 12.1 Å². The highest BCUT2D eigenvalue weighted by Crippen LogP contribution is 2.37. The van der Waals surface area contributed by atoms with Gasteiger partial charge in [-0.05, 0) is 50.9 Å². The van der Waals surface area contributed by atoms with E-state index in [9.17, 15) is 9.18 Å². The number of halogens is 1. The van der Waals surface area contributed by atoms with Gasteiger partial charge in [0.05, 0.1) is 24.4 Å². The van der Waals surface area contributed by atoms with Crippen LogP contribution in [0.5, 0.6) is 11.5 Å². The third-order valence-corrected chi connectivity index (χ3v) is 6.44. The molecule has 1 aromatic heterocycles. The van der Waals surface area contributed by atoms with E-state index in [1.165, 1.54) is 12.4 Å². The molecule has 1 aliphatic carbocycles. The summed E-state index contributed by atoms with van der Waals surface area (Å²) in [5, 5.41) is 6.83. The van der Waals surface area contributed by atoms with E-state index in [0.29, 0.717) is 40.5 Å². The molecule has 1 aliphatic rings. The van der Waals surface area contributed by atoms with Crippen molar-refractivity contribution in [3.63, 3.8) is 0 Å². The molecule has 4 rings (SSSR count). The van der Waals surface area contributed by atoms with E-state index in [2.05, 4.69) is 20.6 Å². The number of anilines is 2. The maximum Gasteiger partial charge on any atom is 0.225 e. The first-order valence-electron chi connectivity index (χ1n) is 11.9. The minimum absolute atomic E-state index is 0.0272. The fourth-order valence-electron chi connectivity index (χ4n) is 4.41. The van der Waals surface area contributed by atoms with Gasteiger partial charge in [-0.3, -0.25) is 4.79 Å². The normalized spacial score (nSPS) is 17.7. The minimum Gasteiger partial charge on any atom is -0.493 e. The number of carbonyl (C=O) groups is 1. The van der Waals surface area contributed by atoms with Crippen LogP contribution < -0.4 is 20.1 Å². The van der Waals surface area contributed by atoms with Crippen LogP contribution in [0.3, 0.4) is 0 Å². The van der Waals surface area contributed by atoms with Crippen LogP contribution in [-0.2, 0) is 4.79 Å². The standard InChI is InChI=1S/C26H32FN5O3/c1-28-12-13-32(2)26(33)17-8-10-18(11-9-17)35-24-14-19-22(15-23(24)34-3)29-16-30-25(19)31-21-7-5-4-6-20(21)27/h4-7,14-18,28H,8-13H2,1-3H3,(H,29,30,31). The lowest BCUT2D eigenvalue weighted by Gasteiger charge is -2.31. The molecule has 1 heterocycles. The van der Waals surface area contributed by atoms with Crippen molar-refractivity contribution in [2.45, 2.75) is 31.8 Å². The number of likely N-dealkylation sites (N-methyl/N-ethyl adjacent to an activating group) is 2. The predicted molar refractivity (Wildman–Crippen MR) is 134 cm³/mol. The Balaban J connectivity index is 1.49. The molecule has 1 saturated carbocycles. The molecule has 0 bridgehead atoms. The van der Waals surface area contributed by atoms with Gasteiger partial charge in [0.1, 0.15) is 18.0 Å². The van der Waals surface area contributed by atoms with Crippen molar-refractivity contribution in [1.82, 2.24) is 20.2 Å². The maximum atomic E-state index is 14.2. The molecular weight excluding hydrogens is 449 g/mol. The average molecular weight is 482 g/mol. The van der Waals surface area contributed by atoms with Gasteiger partial charge in [0.25, 0.3) is 0 Å². The second kappa shape index (κ2) is 11.3. The van der Waals surface area contributed by atoms with Crippen LogP contribution in [0.15, 0.2) is 42.7 Å². The van der Waals surface area contributed by atoms with Gasteiger partial charge in [-0.2, -0.15) is 0 Å². The monoisotopic (exact) mass is 481 g/mol. The number of hydrogen-bond donors (Lipinski definition) is 2. The van der Waals surface area contributed by atoms with Crippen LogP contribution in [0.25, 0.3) is 10.9 Å². The van der Waals surface area contributed by atoms with E-state index in [0.717, 1.165) is 32.2 Å². The summed E-state index contributed by atoms with van der Waals surface area (Å²) < 4.78 is 26.1. The summed E-state index contributed by atoms with van der Waals surface area (Å²) in [4.78, 5) is 23.2. The largest absolute Gasteiger partial charge is 0.493 e. The second-order valence-electron chi connectivity index (χ2n) is 8.80. The molecule has 1 amide bonds. The first-order valence-corrected chi connectivity index (χ1v) is 11.9. The Kier molecular flexibility index (Phi) is 7.97. The Labute approximate surface area is 204 Å². The fourth-order valence-corrected chi connectivity index (χ4v) is 4.41. The third kappa shape index (κ3) is 5.79. The molecule has 0 saturated heterocycles. The molecule has 186 valence electrons. The van der Waals surface area contributed by atoms with Crippen molar-refractivity contribution in [2.75, 3.05) is 39.6 Å². The Hall–Kier alpha value is -3.46. The molecule has 0 spiro atoms. The first-order chi connectivity index (χ1) is 17.0. The Morgan fingerprint density at radius 2 is 1.91 bits per heavy atom. The van der Waals surface area contributed by atoms with E-state index in [-0.39, 0.29) is 23.7 Å². The van der Waals surface area contributed by atoms with E-state index in [4.69, 9.17) is 9.47 Å². The van der Waals surface area contributed by atoms with Crippen LogP contribution in [-0.4, -0.2) is 61.2 Å². The van der Waals surface area contributed by atoms with Crippen LogP contribution in [0, 0.1) is 11.7 Å². The van der Waals surface area contributed by atoms with Gasteiger partial charge in [-0.25, -0.2) is 14.4 Å². The molecule has 35 heavy (non-hydrogen) atoms. The number of amides is 1. The predicted octanol–water partition coefficient (Wildman–Crippen LogP) is 4.14. The second-order valence-corrected chi connectivity index (χ2v) is 8.80. The molecule has 3 aromatic rings. The molecular formula is C26H32FN5O3. The van der Waals surface area contributed by atoms with Crippen LogP contribution >= 0.6 is 0 Å². The maximum absolute atomic E-state index is 14.2. The molecule has 0 radical (unpaired) electrons. The molecule has 1 fully saturated rings. The molecule has 0 aliphatic heterocycles. The average Bonchev–Trinajstić information content (AvgIpc) is 2.88. The molecule has 2 aromatic carbocycles. The number of methoxy groups -OCH3 is 1. The van der Waals surface area contributed by atoms with Crippen LogP contribution in [0.2, 0.25) is 0 Å². The highest BCUT2D eigenvalue weighted by atomic mass is 19.1. The molecule has 0 atom stereocenters. The summed E-state index contributed by atoms with van der Waals surface area (Å²) in [6.45, 7) is 1.48. The van der Waals surface area contributed by atoms with Crippen molar-refractivity contribution in [3.05, 3.63) is 48.5 Å². The van der Waals surface area contributed by atoms with Gasteiger partial charge in [-0.15, -0.1) is 0 Å². The Bertz CT molecular complexity index is 1170. The highest BCUT2D eigenvalue weighted by Gasteiger charge is 2.29. The number of ether oxygens (including phenoxy) is 2. The van der Waals surface area contributed by atoms with Gasteiger partial charge in [0, 0.05) is 37.5 Å². The summed E-state index contributed by atoms with van der Waals surface area (Å²) in [7, 11) is 5.33. The van der Waals surface area contributed by atoms with Gasteiger partial charge >= 0.3 is 0 Å². The zero-order chi connectivity index (χ0) is 24.8. The van der Waals surface area contributed by atoms with E-state index in [1.54, 1.807) is 36.3 Å². The number of fused-ring (bicyclic) bond motifs is 1. The topological polar surface area (TPSA) is 88.6 Å². The summed E-state index contributed by atoms with van der Waals surface area (Å²) in [6, 6.07) is 10.1. The van der Waals surface area contributed by atoms with Crippen LogP contribution in [0.4, 0.5) is 15.9 Å². The quantitative estimate of drug-likeness (QED) is 0.475. The number of hydrogen-bond acceptors (Lipinski definition) is 7. The van der Waals surface area contributed by atoms with E-state index < -0.39 is 0 Å². The number of para-hydroxylation sites is 1. The van der Waals surface area contributed by atoms with Crippen molar-refractivity contribution < 1.29 is 18.7 Å². The Morgan fingerprint density at radius 1 is 1.14 bits per heavy atom. The zero-order valence-corrected chi connectivity index (χ0v) is 20.4. The number of benzene rings is 2. The van der Waals surface area contributed by atoms with Gasteiger partial charge in [0.15, 0.2) is 11.5 Å². The summed E-state index contributed by atoms with van der Waals surface area (Å²) in [5.74, 6) is 1.48. The lowest BCUT2D eigenvalue weighted by Crippen LogP contribution is -2.39. The smallest absolute Gasteiger partial charge is 0.225 e. The van der Waals surface area contributed by atoms with Gasteiger partial charge < -0.3 is 25.0 Å². The van der Waals surface area contributed by atoms with Crippen molar-refractivity contribution in [1.29, 1.82) is 0 Å². The SMILES string of the molecule is CNCCN(C)C(=O)C1CCC(Oc2cc3c(Nc4ccccc4F)ncnc3cc2OC)CC1. The molecule has 0 unspecified atom stereocenters. The Morgan fingerprint density at radius 3 is 2.63 bits per heavy atom. The van der Waals surface area contributed by atoms with Crippen molar-refractivity contribution in [3.8, 4) is 11.5 Å². The first kappa shape index (κ1) is 24.7. The number of rotatable bonds is 9. The zero-order valence-electron chi connectivity index (χ0n) is 20.4. The fraction of sp³-hybridized carbons (Fsp3) is 0.423. The minimum atomic E-state index is -0.368. The van der Waals surface area contributed by atoms with Crippen molar-refractivity contribution >= 4 is 28.3 Å². The summed E-state index contributed by atoms with van der Waals surface area (Å²) in [5.41, 5.74) is 0.982. The number of nitrogens with one attached hydrogen (secondary N) is 2. The van der Waals surface area contributed by atoms with E-state index in [1.807, 2.05) is 20.2 Å². The van der Waals surface area contributed by atoms with Crippen LogP contribution in [0.1, 0.15) is 25.7 Å². The molecule has 9 heteroatoms. The number of aromatic nitrogens is 2. The molecule has 8 nitrogen and oxygen atoms in total. The molecule has 2 N–H and O–H groups in total. The summed E-state index contributed by atoms with van der Waals surface area (Å²) >= 11 is 0. The van der Waals surface area contributed by atoms with Gasteiger partial charge in [0.2, 0.25) is 5.91 Å². The third-order valence-electron chi connectivity index (χ3n) is 6.44. The lowest BCUT2D eigenvalue weighted by atomic mass is 9.86. The summed E-state index contributed by atoms with van der Waals surface area (Å²) in [6.07, 6.45) is 4.53.